The molecule has 0 unspecified atom stereocenters. The van der Waals surface area contributed by atoms with Gasteiger partial charge in [-0.3, -0.25) is 0 Å². The average molecular weight is 303 g/mol. The zero-order valence-corrected chi connectivity index (χ0v) is 10.8. The highest BCUT2D eigenvalue weighted by Gasteiger charge is 2.05. The molecule has 1 aromatic heterocycles. The first-order valence-electron chi connectivity index (χ1n) is 4.60. The lowest BCUT2D eigenvalue weighted by Crippen LogP contribution is -1.91. The third-order valence-electron chi connectivity index (χ3n) is 1.87. The maximum Gasteiger partial charge on any atom is 0.320 e. The van der Waals surface area contributed by atoms with Crippen LogP contribution in [-0.2, 0) is 5.88 Å². The van der Waals surface area contributed by atoms with Crippen molar-refractivity contribution in [2.24, 2.45) is 0 Å². The van der Waals surface area contributed by atoms with Gasteiger partial charge in [0.05, 0.1) is 0 Å². The summed E-state index contributed by atoms with van der Waals surface area (Å²) in [6.07, 6.45) is 0. The van der Waals surface area contributed by atoms with E-state index in [1.807, 2.05) is 25.1 Å². The summed E-state index contributed by atoms with van der Waals surface area (Å²) in [4.78, 5) is 0. The van der Waals surface area contributed by atoms with Crippen LogP contribution < -0.4 is 5.32 Å². The zero-order valence-electron chi connectivity index (χ0n) is 8.50. The second kappa shape index (κ2) is 4.84. The van der Waals surface area contributed by atoms with Gasteiger partial charge in [-0.2, -0.15) is 0 Å². The number of anilines is 2. The van der Waals surface area contributed by atoms with Gasteiger partial charge >= 0.3 is 6.01 Å². The smallest absolute Gasteiger partial charge is 0.320 e. The second-order valence-electron chi connectivity index (χ2n) is 3.28. The molecule has 0 radical (unpaired) electrons. The van der Waals surface area contributed by atoms with Gasteiger partial charge in [0.2, 0.25) is 5.89 Å². The predicted octanol–water partition coefficient (Wildman–Crippen LogP) is 3.62. The number of nitrogens with zero attached hydrogens (tertiary/aromatic N) is 2. The number of benzene rings is 1. The molecule has 0 aliphatic rings. The van der Waals surface area contributed by atoms with Crippen molar-refractivity contribution in [3.8, 4) is 0 Å². The van der Waals surface area contributed by atoms with E-state index in [9.17, 15) is 0 Å². The Hall–Kier alpha value is -1.07. The van der Waals surface area contributed by atoms with Gasteiger partial charge in [0.1, 0.15) is 5.88 Å². The summed E-state index contributed by atoms with van der Waals surface area (Å²) in [5.41, 5.74) is 2.02. The van der Waals surface area contributed by atoms with Crippen LogP contribution in [0.15, 0.2) is 27.1 Å². The number of alkyl halides is 1. The summed E-state index contributed by atoms with van der Waals surface area (Å²) in [5.74, 6) is 0.613. The lowest BCUT2D eigenvalue weighted by molar-refractivity contribution is 0.530. The van der Waals surface area contributed by atoms with Gasteiger partial charge in [0, 0.05) is 10.2 Å². The molecule has 0 aliphatic heterocycles. The SMILES string of the molecule is Cc1cc(Br)cc(Nc2nnc(CCl)o2)c1. The Morgan fingerprint density at radius 3 is 2.81 bits per heavy atom. The van der Waals surface area contributed by atoms with Crippen molar-refractivity contribution < 1.29 is 4.42 Å². The molecule has 0 fully saturated rings. The Kier molecular flexibility index (Phi) is 3.46. The summed E-state index contributed by atoms with van der Waals surface area (Å²) in [7, 11) is 0. The van der Waals surface area contributed by atoms with Crippen LogP contribution in [0.3, 0.4) is 0 Å². The summed E-state index contributed by atoms with van der Waals surface area (Å²) in [6.45, 7) is 2.01. The Labute approximate surface area is 106 Å². The van der Waals surface area contributed by atoms with Crippen molar-refractivity contribution in [3.63, 3.8) is 0 Å². The van der Waals surface area contributed by atoms with E-state index >= 15 is 0 Å². The first-order valence-corrected chi connectivity index (χ1v) is 5.92. The predicted molar refractivity (Wildman–Crippen MR) is 66.0 cm³/mol. The monoisotopic (exact) mass is 301 g/mol. The van der Waals surface area contributed by atoms with Gasteiger partial charge < -0.3 is 9.73 Å². The second-order valence-corrected chi connectivity index (χ2v) is 4.46. The molecule has 1 aromatic carbocycles. The number of hydrogen-bond acceptors (Lipinski definition) is 4. The molecule has 84 valence electrons. The highest BCUT2D eigenvalue weighted by atomic mass is 79.9. The number of hydrogen-bond donors (Lipinski definition) is 1. The van der Waals surface area contributed by atoms with Gasteiger partial charge in [0.25, 0.3) is 0 Å². The maximum absolute atomic E-state index is 5.56. The van der Waals surface area contributed by atoms with E-state index in [0.717, 1.165) is 15.7 Å². The fourth-order valence-electron chi connectivity index (χ4n) is 1.29. The van der Waals surface area contributed by atoms with Crippen molar-refractivity contribution in [2.75, 3.05) is 5.32 Å². The van der Waals surface area contributed by atoms with Crippen LogP contribution in [0.1, 0.15) is 11.5 Å². The highest BCUT2D eigenvalue weighted by Crippen LogP contribution is 2.22. The van der Waals surface area contributed by atoms with E-state index in [0.29, 0.717) is 11.9 Å². The number of rotatable bonds is 3. The van der Waals surface area contributed by atoms with Crippen LogP contribution in [0.4, 0.5) is 11.7 Å². The molecular formula is C10H9BrClN3O. The van der Waals surface area contributed by atoms with Crippen LogP contribution in [-0.4, -0.2) is 10.2 Å². The largest absolute Gasteiger partial charge is 0.407 e. The summed E-state index contributed by atoms with van der Waals surface area (Å²) in [5, 5.41) is 10.6. The number of halogens is 2. The molecule has 0 bridgehead atoms. The summed E-state index contributed by atoms with van der Waals surface area (Å²) in [6, 6.07) is 6.27. The standard InChI is InChI=1S/C10H9BrClN3O/c1-6-2-7(11)4-8(3-6)13-10-15-14-9(5-12)16-10/h2-4H,5H2,1H3,(H,13,15). The number of nitrogens with one attached hydrogen (secondary N) is 1. The number of aryl methyl sites for hydroxylation is 1. The van der Waals surface area contributed by atoms with Gasteiger partial charge in [-0.15, -0.1) is 16.7 Å². The lowest BCUT2D eigenvalue weighted by Gasteiger charge is -2.03. The van der Waals surface area contributed by atoms with Crippen LogP contribution in [0, 0.1) is 6.92 Å². The first-order chi connectivity index (χ1) is 7.67. The third-order valence-corrected chi connectivity index (χ3v) is 2.56. The molecule has 1 heterocycles. The minimum atomic E-state index is 0.214. The highest BCUT2D eigenvalue weighted by molar-refractivity contribution is 9.10. The minimum Gasteiger partial charge on any atom is -0.407 e. The van der Waals surface area contributed by atoms with Gasteiger partial charge in [-0.05, 0) is 30.7 Å². The molecule has 2 rings (SSSR count). The average Bonchev–Trinajstić information content (AvgIpc) is 2.64. The fraction of sp³-hybridized carbons (Fsp3) is 0.200. The van der Waals surface area contributed by atoms with E-state index in [1.165, 1.54) is 0 Å². The maximum atomic E-state index is 5.56. The molecule has 4 nitrogen and oxygen atoms in total. The van der Waals surface area contributed by atoms with E-state index in [2.05, 4.69) is 31.4 Å². The van der Waals surface area contributed by atoms with Crippen LogP contribution in [0.2, 0.25) is 0 Å². The molecule has 2 aromatic rings. The van der Waals surface area contributed by atoms with E-state index in [-0.39, 0.29) is 5.88 Å². The lowest BCUT2D eigenvalue weighted by atomic mass is 10.2. The zero-order chi connectivity index (χ0) is 11.5. The first kappa shape index (κ1) is 11.4. The normalized spacial score (nSPS) is 10.4. The minimum absolute atomic E-state index is 0.214. The Morgan fingerprint density at radius 1 is 1.38 bits per heavy atom. The van der Waals surface area contributed by atoms with Crippen molar-refractivity contribution in [1.82, 2.24) is 10.2 Å². The Bertz CT molecular complexity index is 480. The van der Waals surface area contributed by atoms with Crippen molar-refractivity contribution in [3.05, 3.63) is 34.1 Å². The van der Waals surface area contributed by atoms with Gasteiger partial charge in [-0.1, -0.05) is 21.0 Å². The molecule has 0 aliphatic carbocycles. The summed E-state index contributed by atoms with van der Waals surface area (Å²) >= 11 is 8.98. The molecule has 6 heteroatoms. The summed E-state index contributed by atoms with van der Waals surface area (Å²) < 4.78 is 6.23. The molecule has 0 saturated carbocycles. The fourth-order valence-corrected chi connectivity index (χ4v) is 2.01. The van der Waals surface area contributed by atoms with Crippen LogP contribution in [0.25, 0.3) is 0 Å². The van der Waals surface area contributed by atoms with Gasteiger partial charge in [0.15, 0.2) is 0 Å². The van der Waals surface area contributed by atoms with Gasteiger partial charge in [-0.25, -0.2) is 0 Å². The molecule has 0 amide bonds. The van der Waals surface area contributed by atoms with Crippen molar-refractivity contribution in [1.29, 1.82) is 0 Å². The molecule has 16 heavy (non-hydrogen) atoms. The van der Waals surface area contributed by atoms with E-state index in [4.69, 9.17) is 16.0 Å². The molecule has 0 spiro atoms. The van der Waals surface area contributed by atoms with Crippen molar-refractivity contribution >= 4 is 39.2 Å². The Balaban J connectivity index is 2.19. The topological polar surface area (TPSA) is 51.0 Å². The number of aromatic nitrogens is 2. The van der Waals surface area contributed by atoms with E-state index < -0.39 is 0 Å². The van der Waals surface area contributed by atoms with Crippen LogP contribution >= 0.6 is 27.5 Å². The molecule has 0 atom stereocenters. The molecular weight excluding hydrogens is 293 g/mol. The third kappa shape index (κ3) is 2.74. The molecule has 1 N–H and O–H groups in total. The van der Waals surface area contributed by atoms with Crippen molar-refractivity contribution in [2.45, 2.75) is 12.8 Å². The van der Waals surface area contributed by atoms with E-state index in [1.54, 1.807) is 0 Å². The molecule has 0 saturated heterocycles. The Morgan fingerprint density at radius 2 is 2.19 bits per heavy atom. The quantitative estimate of drug-likeness (QED) is 0.880. The van der Waals surface area contributed by atoms with Crippen LogP contribution in [0.5, 0.6) is 0 Å².